The van der Waals surface area contributed by atoms with Crippen LogP contribution in [-0.4, -0.2) is 25.4 Å². The van der Waals surface area contributed by atoms with Crippen molar-refractivity contribution in [3.63, 3.8) is 0 Å². The van der Waals surface area contributed by atoms with Crippen molar-refractivity contribution in [1.29, 1.82) is 0 Å². The molecule has 0 spiro atoms. The molecule has 1 aromatic carbocycles. The molecule has 0 bridgehead atoms. The first-order valence-corrected chi connectivity index (χ1v) is 8.11. The number of benzene rings is 1. The van der Waals surface area contributed by atoms with E-state index in [1.807, 2.05) is 0 Å². The van der Waals surface area contributed by atoms with E-state index in [-0.39, 0.29) is 30.3 Å². The van der Waals surface area contributed by atoms with E-state index >= 15 is 0 Å². The molecule has 0 fully saturated rings. The molecule has 0 unspecified atom stereocenters. The summed E-state index contributed by atoms with van der Waals surface area (Å²) < 4.78 is 15.8. The van der Waals surface area contributed by atoms with Crippen LogP contribution in [0.25, 0.3) is 16.8 Å². The monoisotopic (exact) mass is 371 g/mol. The van der Waals surface area contributed by atoms with E-state index < -0.39 is 11.5 Å². The van der Waals surface area contributed by atoms with E-state index in [0.29, 0.717) is 22.5 Å². The minimum absolute atomic E-state index is 0.00704. The molecular weight excluding hydrogens is 353 g/mol. The molecular formula is C18H18FN5O3. The Labute approximate surface area is 153 Å². The zero-order valence-corrected chi connectivity index (χ0v) is 14.5. The normalized spacial score (nSPS) is 10.9. The molecule has 0 amide bonds. The summed E-state index contributed by atoms with van der Waals surface area (Å²) >= 11 is 0. The number of halogens is 1. The van der Waals surface area contributed by atoms with Gasteiger partial charge in [-0.05, 0) is 30.7 Å². The summed E-state index contributed by atoms with van der Waals surface area (Å²) in [6.45, 7) is 1.75. The highest BCUT2D eigenvalue weighted by Gasteiger charge is 2.18. The number of hydrogen-bond acceptors (Lipinski definition) is 5. The molecule has 3 aromatic rings. The smallest absolute Gasteiger partial charge is 0.305 e. The molecule has 0 aliphatic heterocycles. The lowest BCUT2D eigenvalue weighted by Crippen LogP contribution is -2.25. The molecule has 0 aliphatic carbocycles. The Morgan fingerprint density at radius 1 is 1.22 bits per heavy atom. The lowest BCUT2D eigenvalue weighted by atomic mass is 10.1. The van der Waals surface area contributed by atoms with Gasteiger partial charge < -0.3 is 21.1 Å². The predicted octanol–water partition coefficient (Wildman–Crippen LogP) is 1.79. The van der Waals surface area contributed by atoms with Crippen LogP contribution in [0.4, 0.5) is 15.9 Å². The van der Waals surface area contributed by atoms with Crippen LogP contribution in [0.3, 0.4) is 0 Å². The first kappa shape index (κ1) is 18.2. The maximum Gasteiger partial charge on any atom is 0.305 e. The van der Waals surface area contributed by atoms with Gasteiger partial charge in [0.15, 0.2) is 0 Å². The van der Waals surface area contributed by atoms with Gasteiger partial charge in [-0.25, -0.2) is 9.07 Å². The van der Waals surface area contributed by atoms with Gasteiger partial charge in [0.2, 0.25) is 0 Å². The topological polar surface area (TPSA) is 129 Å². The number of pyridine rings is 1. The average molecular weight is 371 g/mol. The van der Waals surface area contributed by atoms with Crippen molar-refractivity contribution < 1.29 is 14.3 Å². The predicted molar refractivity (Wildman–Crippen MR) is 99.0 cm³/mol. The second-order valence-electron chi connectivity index (χ2n) is 6.02. The fraction of sp³-hybridized carbons (Fsp3) is 0.167. The molecule has 9 heteroatoms. The molecule has 8 nitrogen and oxygen atoms in total. The summed E-state index contributed by atoms with van der Waals surface area (Å²) in [5.41, 5.74) is 13.8. The SMILES string of the molecule is Cc1nn(-c2ccn(CCC(=O)O)c(=O)c2N)c(N)c1-c1ccc(F)cc1. The molecule has 140 valence electrons. The second-order valence-corrected chi connectivity index (χ2v) is 6.02. The van der Waals surface area contributed by atoms with E-state index in [9.17, 15) is 14.0 Å². The van der Waals surface area contributed by atoms with Crippen LogP contribution in [0.5, 0.6) is 0 Å². The molecule has 2 aromatic heterocycles. The molecule has 3 rings (SSSR count). The Morgan fingerprint density at radius 2 is 1.89 bits per heavy atom. The second kappa shape index (κ2) is 6.94. The Balaban J connectivity index is 2.06. The fourth-order valence-electron chi connectivity index (χ4n) is 2.86. The van der Waals surface area contributed by atoms with Gasteiger partial charge in [0.05, 0.1) is 17.8 Å². The van der Waals surface area contributed by atoms with Gasteiger partial charge in [-0.3, -0.25) is 9.59 Å². The average Bonchev–Trinajstić information content (AvgIpc) is 2.91. The molecule has 0 saturated heterocycles. The Hall–Kier alpha value is -3.62. The van der Waals surface area contributed by atoms with Crippen molar-refractivity contribution in [2.24, 2.45) is 0 Å². The number of rotatable bonds is 5. The molecule has 0 radical (unpaired) electrons. The Bertz CT molecular complexity index is 1070. The number of hydrogen-bond donors (Lipinski definition) is 3. The molecule has 0 atom stereocenters. The molecule has 27 heavy (non-hydrogen) atoms. The minimum atomic E-state index is -1.01. The maximum absolute atomic E-state index is 13.2. The maximum atomic E-state index is 13.2. The molecule has 5 N–H and O–H groups in total. The van der Waals surface area contributed by atoms with Crippen molar-refractivity contribution in [2.75, 3.05) is 11.5 Å². The lowest BCUT2D eigenvalue weighted by Gasteiger charge is -2.11. The number of aromatic nitrogens is 3. The summed E-state index contributed by atoms with van der Waals surface area (Å²) in [6.07, 6.45) is 1.25. The number of carboxylic acids is 1. The third-order valence-corrected chi connectivity index (χ3v) is 4.20. The summed E-state index contributed by atoms with van der Waals surface area (Å²) in [5.74, 6) is -1.12. The zero-order valence-electron chi connectivity index (χ0n) is 14.5. The van der Waals surface area contributed by atoms with E-state index in [1.165, 1.54) is 27.6 Å². The van der Waals surface area contributed by atoms with E-state index in [0.717, 1.165) is 0 Å². The summed E-state index contributed by atoms with van der Waals surface area (Å²) in [5, 5.41) is 13.1. The number of nitrogens with zero attached hydrogens (tertiary/aromatic N) is 3. The highest BCUT2D eigenvalue weighted by atomic mass is 19.1. The first-order chi connectivity index (χ1) is 12.8. The van der Waals surface area contributed by atoms with Crippen molar-refractivity contribution in [3.05, 3.63) is 58.4 Å². The summed E-state index contributed by atoms with van der Waals surface area (Å²) in [7, 11) is 0. The first-order valence-electron chi connectivity index (χ1n) is 8.11. The number of anilines is 2. The van der Waals surface area contributed by atoms with Gasteiger partial charge in [-0.15, -0.1) is 0 Å². The van der Waals surface area contributed by atoms with Gasteiger partial charge in [0, 0.05) is 18.3 Å². The Kier molecular flexibility index (Phi) is 4.68. The number of aliphatic carboxylic acids is 1. The van der Waals surface area contributed by atoms with Crippen LogP contribution in [0, 0.1) is 12.7 Å². The van der Waals surface area contributed by atoms with Gasteiger partial charge >= 0.3 is 5.97 Å². The lowest BCUT2D eigenvalue weighted by molar-refractivity contribution is -0.137. The van der Waals surface area contributed by atoms with Gasteiger partial charge in [0.1, 0.15) is 17.3 Å². The van der Waals surface area contributed by atoms with Crippen molar-refractivity contribution in [2.45, 2.75) is 19.9 Å². The molecule has 0 saturated carbocycles. The number of nitrogen functional groups attached to an aromatic ring is 2. The number of carbonyl (C=O) groups is 1. The van der Waals surface area contributed by atoms with Gasteiger partial charge in [-0.2, -0.15) is 5.10 Å². The highest BCUT2D eigenvalue weighted by Crippen LogP contribution is 2.32. The number of nitrogens with two attached hydrogens (primary N) is 2. The van der Waals surface area contributed by atoms with Crippen molar-refractivity contribution in [1.82, 2.24) is 14.3 Å². The van der Waals surface area contributed by atoms with Crippen LogP contribution in [-0.2, 0) is 11.3 Å². The van der Waals surface area contributed by atoms with Crippen molar-refractivity contribution in [3.8, 4) is 16.8 Å². The van der Waals surface area contributed by atoms with Gasteiger partial charge in [0.25, 0.3) is 5.56 Å². The quantitative estimate of drug-likeness (QED) is 0.627. The van der Waals surface area contributed by atoms with E-state index in [2.05, 4.69) is 5.10 Å². The summed E-state index contributed by atoms with van der Waals surface area (Å²) in [4.78, 5) is 23.1. The summed E-state index contributed by atoms with van der Waals surface area (Å²) in [6, 6.07) is 7.38. The number of aryl methyl sites for hydroxylation is 2. The van der Waals surface area contributed by atoms with E-state index in [1.54, 1.807) is 25.1 Å². The van der Waals surface area contributed by atoms with Crippen molar-refractivity contribution >= 4 is 17.5 Å². The zero-order chi connectivity index (χ0) is 19.7. The van der Waals surface area contributed by atoms with Gasteiger partial charge in [-0.1, -0.05) is 12.1 Å². The van der Waals surface area contributed by atoms with Crippen LogP contribution >= 0.6 is 0 Å². The largest absolute Gasteiger partial charge is 0.481 e. The third kappa shape index (κ3) is 3.39. The van der Waals surface area contributed by atoms with Crippen LogP contribution in [0.1, 0.15) is 12.1 Å². The molecule has 2 heterocycles. The van der Waals surface area contributed by atoms with Crippen LogP contribution in [0.2, 0.25) is 0 Å². The standard InChI is InChI=1S/C18H18FN5O3/c1-10-15(11-2-4-12(19)5-3-11)17(21)24(22-10)13-6-8-23(9-7-14(25)26)18(27)16(13)20/h2-6,8H,7,9,20-21H2,1H3,(H,25,26). The molecule has 0 aliphatic rings. The third-order valence-electron chi connectivity index (χ3n) is 4.20. The number of carboxylic acid groups (broad SMARTS) is 1. The fourth-order valence-corrected chi connectivity index (χ4v) is 2.86. The Morgan fingerprint density at radius 3 is 2.52 bits per heavy atom. The van der Waals surface area contributed by atoms with E-state index in [4.69, 9.17) is 16.6 Å². The minimum Gasteiger partial charge on any atom is -0.481 e. The van der Waals surface area contributed by atoms with Crippen LogP contribution < -0.4 is 17.0 Å². The van der Waals surface area contributed by atoms with Crippen LogP contribution in [0.15, 0.2) is 41.3 Å². The highest BCUT2D eigenvalue weighted by molar-refractivity contribution is 5.78.